The third kappa shape index (κ3) is 12.6. The number of unbranched alkanes of at least 4 members (excludes halogenated alkanes) is 10. The van der Waals surface area contributed by atoms with E-state index in [1.54, 1.807) is 0 Å². The molecule has 0 heterocycles. The summed E-state index contributed by atoms with van der Waals surface area (Å²) in [7, 11) is 0. The van der Waals surface area contributed by atoms with Gasteiger partial charge in [-0.25, -0.2) is 0 Å². The Bertz CT molecular complexity index is 956. The Labute approximate surface area is 328 Å². The van der Waals surface area contributed by atoms with Gasteiger partial charge in [0.25, 0.3) is 0 Å². The highest BCUT2D eigenvalue weighted by atomic mass is 16.5. The van der Waals surface area contributed by atoms with Crippen LogP contribution >= 0.6 is 0 Å². The Morgan fingerprint density at radius 1 is 0.642 bits per heavy atom. The van der Waals surface area contributed by atoms with Crippen LogP contribution in [0.25, 0.3) is 0 Å². The first-order valence-electron chi connectivity index (χ1n) is 23.5. The number of nitrogens with two attached hydrogens (primary N) is 3. The predicted octanol–water partition coefficient (Wildman–Crippen LogP) is 9.38. The minimum absolute atomic E-state index is 0.180. The summed E-state index contributed by atoms with van der Waals surface area (Å²) < 4.78 is 20.4. The number of rotatable bonds is 29. The van der Waals surface area contributed by atoms with E-state index in [9.17, 15) is 0 Å². The summed E-state index contributed by atoms with van der Waals surface area (Å²) in [5.74, 6) is 3.91. The lowest BCUT2D eigenvalue weighted by molar-refractivity contribution is -0.227. The van der Waals surface area contributed by atoms with Crippen molar-refractivity contribution in [3.63, 3.8) is 0 Å². The van der Waals surface area contributed by atoms with Gasteiger partial charge < -0.3 is 36.7 Å². The van der Waals surface area contributed by atoms with Crippen molar-refractivity contribution in [2.45, 2.75) is 194 Å². The van der Waals surface area contributed by atoms with Crippen molar-refractivity contribution < 1.29 is 14.2 Å². The minimum atomic E-state index is 0.180. The summed E-state index contributed by atoms with van der Waals surface area (Å²) >= 11 is 0. The van der Waals surface area contributed by atoms with Gasteiger partial charge in [-0.3, -0.25) is 0 Å². The second-order valence-electron chi connectivity index (χ2n) is 18.9. The quantitative estimate of drug-likeness (QED) is 0.0564. The zero-order chi connectivity index (χ0) is 37.9. The highest BCUT2D eigenvalue weighted by Gasteiger charge is 2.66. The first-order valence-corrected chi connectivity index (χ1v) is 23.5. The van der Waals surface area contributed by atoms with E-state index in [1.165, 1.54) is 129 Å². The maximum absolute atomic E-state index is 7.06. The van der Waals surface area contributed by atoms with Crippen molar-refractivity contribution in [3.05, 3.63) is 0 Å². The van der Waals surface area contributed by atoms with Gasteiger partial charge in [0.1, 0.15) is 0 Å². The van der Waals surface area contributed by atoms with E-state index in [-0.39, 0.29) is 5.41 Å². The standard InChI is InChI=1S/C46H90N4O3/c1-5-6-7-8-9-10-11-12-13-14-15-28-50-29-16-20-36(2)39-21-22-40-44-41(35-43(46(39,40)4)53-32-19-27-49)45(3)24-23-38(51-30-17-25-47)33-37(45)34-42(44)52-31-18-26-48/h36-44,50H,5-35,47-49H2,1-4H3/t36-,37?,38-,39-,40?,41+,42-,43+,44?,45?,46?/m1/s1. The molecule has 0 spiro atoms. The second-order valence-corrected chi connectivity index (χ2v) is 18.9. The summed E-state index contributed by atoms with van der Waals surface area (Å²) in [5, 5.41) is 3.81. The molecule has 4 aliphatic carbocycles. The van der Waals surface area contributed by atoms with E-state index in [4.69, 9.17) is 31.4 Å². The first-order chi connectivity index (χ1) is 25.8. The van der Waals surface area contributed by atoms with E-state index in [2.05, 4.69) is 33.0 Å². The smallest absolute Gasteiger partial charge is 0.0637 e. The molecule has 4 fully saturated rings. The molecular weight excluding hydrogens is 657 g/mol. The molecule has 0 bridgehead atoms. The van der Waals surface area contributed by atoms with E-state index < -0.39 is 0 Å². The maximum Gasteiger partial charge on any atom is 0.0637 e. The molecule has 0 amide bonds. The Hall–Kier alpha value is -0.280. The molecule has 0 aromatic heterocycles. The fraction of sp³-hybridized carbons (Fsp3) is 1.00. The van der Waals surface area contributed by atoms with Crippen LogP contribution in [-0.2, 0) is 14.2 Å². The largest absolute Gasteiger partial charge is 0.378 e. The van der Waals surface area contributed by atoms with Crippen LogP contribution in [0.4, 0.5) is 0 Å². The van der Waals surface area contributed by atoms with Crippen LogP contribution in [0.3, 0.4) is 0 Å². The van der Waals surface area contributed by atoms with E-state index in [0.29, 0.717) is 78.9 Å². The molecule has 0 aliphatic heterocycles. The Balaban J connectivity index is 1.33. The van der Waals surface area contributed by atoms with Crippen molar-refractivity contribution in [1.29, 1.82) is 0 Å². The highest BCUT2D eigenvalue weighted by Crippen LogP contribution is 2.69. The summed E-state index contributed by atoms with van der Waals surface area (Å²) in [4.78, 5) is 0. The molecule has 53 heavy (non-hydrogen) atoms. The number of nitrogens with one attached hydrogen (secondary N) is 1. The molecule has 4 rings (SSSR count). The fourth-order valence-corrected chi connectivity index (χ4v) is 12.4. The van der Waals surface area contributed by atoms with E-state index in [0.717, 1.165) is 52.0 Å². The summed E-state index contributed by atoms with van der Waals surface area (Å²) in [6, 6.07) is 0. The van der Waals surface area contributed by atoms with E-state index in [1.807, 2.05) is 0 Å². The normalized spacial score (nSPS) is 34.5. The summed E-state index contributed by atoms with van der Waals surface area (Å²) in [6.07, 6.45) is 30.5. The Morgan fingerprint density at radius 3 is 1.91 bits per heavy atom. The number of ether oxygens (including phenoxy) is 3. The average molecular weight is 747 g/mol. The maximum atomic E-state index is 7.06. The van der Waals surface area contributed by atoms with Crippen molar-refractivity contribution >= 4 is 0 Å². The molecule has 4 saturated carbocycles. The van der Waals surface area contributed by atoms with Gasteiger partial charge >= 0.3 is 0 Å². The zero-order valence-electron chi connectivity index (χ0n) is 35.6. The van der Waals surface area contributed by atoms with E-state index >= 15 is 0 Å². The van der Waals surface area contributed by atoms with Gasteiger partial charge in [-0.15, -0.1) is 0 Å². The molecular formula is C46H90N4O3. The zero-order valence-corrected chi connectivity index (χ0v) is 35.6. The van der Waals surface area contributed by atoms with Crippen LogP contribution in [0.1, 0.15) is 175 Å². The van der Waals surface area contributed by atoms with Gasteiger partial charge in [0.2, 0.25) is 0 Å². The molecule has 7 nitrogen and oxygen atoms in total. The van der Waals surface area contributed by atoms with Crippen LogP contribution < -0.4 is 22.5 Å². The van der Waals surface area contributed by atoms with Gasteiger partial charge in [0.15, 0.2) is 0 Å². The topological polar surface area (TPSA) is 118 Å². The van der Waals surface area contributed by atoms with Crippen LogP contribution in [0.2, 0.25) is 0 Å². The SMILES string of the molecule is CCCCCCCCCCCCCNCCC[C@@H](C)[C@H]1CCC2C3[C@H](OCCCN)CC4C[C@H](OCCCN)CCC4(C)[C@H]3C[C@H](OCCCN)C21C. The van der Waals surface area contributed by atoms with Crippen LogP contribution in [-0.4, -0.2) is 70.9 Å². The lowest BCUT2D eigenvalue weighted by Gasteiger charge is -2.65. The van der Waals surface area contributed by atoms with Gasteiger partial charge in [-0.1, -0.05) is 91.9 Å². The lowest BCUT2D eigenvalue weighted by atomic mass is 9.43. The molecule has 7 heteroatoms. The number of fused-ring (bicyclic) bond motifs is 5. The molecule has 0 aromatic carbocycles. The Morgan fingerprint density at radius 2 is 1.25 bits per heavy atom. The molecule has 312 valence electrons. The highest BCUT2D eigenvalue weighted by molar-refractivity contribution is 5.15. The predicted molar refractivity (Wildman–Crippen MR) is 224 cm³/mol. The van der Waals surface area contributed by atoms with Crippen molar-refractivity contribution in [1.82, 2.24) is 5.32 Å². The van der Waals surface area contributed by atoms with Crippen molar-refractivity contribution in [2.24, 2.45) is 63.5 Å². The third-order valence-electron chi connectivity index (χ3n) is 15.5. The summed E-state index contributed by atoms with van der Waals surface area (Å²) in [6.45, 7) is 17.0. The monoisotopic (exact) mass is 747 g/mol. The molecule has 7 N–H and O–H groups in total. The lowest BCUT2D eigenvalue weighted by Crippen LogP contribution is -2.63. The summed E-state index contributed by atoms with van der Waals surface area (Å²) in [5.41, 5.74) is 18.3. The molecule has 0 aromatic rings. The second kappa shape index (κ2) is 24.5. The number of hydrogen-bond donors (Lipinski definition) is 4. The van der Waals surface area contributed by atoms with Crippen molar-refractivity contribution in [3.8, 4) is 0 Å². The van der Waals surface area contributed by atoms with Gasteiger partial charge in [0.05, 0.1) is 18.3 Å². The van der Waals surface area contributed by atoms with Crippen molar-refractivity contribution in [2.75, 3.05) is 52.5 Å². The first kappa shape index (κ1) is 45.4. The Kier molecular flexibility index (Phi) is 21.0. The molecule has 11 atom stereocenters. The van der Waals surface area contributed by atoms with Gasteiger partial charge in [-0.05, 0) is 157 Å². The fourth-order valence-electron chi connectivity index (χ4n) is 12.4. The molecule has 0 radical (unpaired) electrons. The minimum Gasteiger partial charge on any atom is -0.378 e. The van der Waals surface area contributed by atoms with Gasteiger partial charge in [0, 0.05) is 25.2 Å². The molecule has 4 aliphatic rings. The van der Waals surface area contributed by atoms with Crippen LogP contribution in [0.15, 0.2) is 0 Å². The van der Waals surface area contributed by atoms with Crippen LogP contribution in [0.5, 0.6) is 0 Å². The molecule has 0 saturated heterocycles. The molecule has 5 unspecified atom stereocenters. The number of hydrogen-bond acceptors (Lipinski definition) is 7. The van der Waals surface area contributed by atoms with Crippen LogP contribution in [0, 0.1) is 46.3 Å². The van der Waals surface area contributed by atoms with Gasteiger partial charge in [-0.2, -0.15) is 0 Å². The third-order valence-corrected chi connectivity index (χ3v) is 15.5. The average Bonchev–Trinajstić information content (AvgIpc) is 3.52.